The van der Waals surface area contributed by atoms with E-state index in [4.69, 9.17) is 0 Å². The van der Waals surface area contributed by atoms with Crippen LogP contribution in [0.5, 0.6) is 0 Å². The normalized spacial score (nSPS) is 22.6. The molecule has 0 aromatic heterocycles. The first-order chi connectivity index (χ1) is 5.02. The molecule has 0 aliphatic carbocycles. The van der Waals surface area contributed by atoms with Crippen molar-refractivity contribution in [3.63, 3.8) is 0 Å². The van der Waals surface area contributed by atoms with Gasteiger partial charge >= 0.3 is 0 Å². The number of likely N-dealkylation sites (tertiary alicyclic amines) is 1. The Morgan fingerprint density at radius 2 is 1.73 bits per heavy atom. The monoisotopic (exact) mass is 159 g/mol. The second-order valence-electron chi connectivity index (χ2n) is 4.06. The minimum Gasteiger partial charge on any atom is -0.388 e. The van der Waals surface area contributed by atoms with Crippen molar-refractivity contribution in [2.24, 2.45) is 5.41 Å². The molecule has 0 saturated carbocycles. The van der Waals surface area contributed by atoms with Crippen molar-refractivity contribution in [3.05, 3.63) is 0 Å². The van der Waals surface area contributed by atoms with Crippen molar-refractivity contribution in [1.29, 1.82) is 0 Å². The first-order valence-electron chi connectivity index (χ1n) is 4.10. The van der Waals surface area contributed by atoms with Crippen LogP contribution in [0.4, 0.5) is 0 Å². The summed E-state index contributed by atoms with van der Waals surface area (Å²) in [7, 11) is 5.44. The maximum Gasteiger partial charge on any atom is 0.0351 e. The van der Waals surface area contributed by atoms with Crippen LogP contribution in [0.1, 0.15) is 20.3 Å². The molecule has 0 amide bonds. The molecule has 1 aliphatic heterocycles. The molecule has 1 saturated heterocycles. The van der Waals surface area contributed by atoms with Gasteiger partial charge in [-0.1, -0.05) is 13.8 Å². The molecule has 2 nitrogen and oxygen atoms in total. The van der Waals surface area contributed by atoms with Crippen LogP contribution in [0.25, 0.3) is 0 Å². The third kappa shape index (κ3) is 5.22. The van der Waals surface area contributed by atoms with Gasteiger partial charge in [0.1, 0.15) is 0 Å². The summed E-state index contributed by atoms with van der Waals surface area (Å²) in [6.07, 6.45) is 1.36. The van der Waals surface area contributed by atoms with Crippen LogP contribution in [-0.2, 0) is 4.74 Å². The summed E-state index contributed by atoms with van der Waals surface area (Å²) in [5, 5.41) is 0. The summed E-state index contributed by atoms with van der Waals surface area (Å²) in [5.41, 5.74) is 0.592. The summed E-state index contributed by atoms with van der Waals surface area (Å²) in [4.78, 5) is 2.39. The van der Waals surface area contributed by atoms with Gasteiger partial charge in [-0.05, 0) is 25.4 Å². The van der Waals surface area contributed by atoms with Gasteiger partial charge in [0, 0.05) is 20.8 Å². The molecule has 0 N–H and O–H groups in total. The van der Waals surface area contributed by atoms with Crippen LogP contribution >= 0.6 is 0 Å². The minimum atomic E-state index is 0.592. The van der Waals surface area contributed by atoms with E-state index in [9.17, 15) is 0 Å². The van der Waals surface area contributed by atoms with E-state index in [-0.39, 0.29) is 0 Å². The quantitative estimate of drug-likeness (QED) is 0.532. The van der Waals surface area contributed by atoms with Crippen molar-refractivity contribution in [1.82, 2.24) is 4.90 Å². The lowest BCUT2D eigenvalue weighted by molar-refractivity contribution is 0.277. The molecule has 1 aliphatic rings. The summed E-state index contributed by atoms with van der Waals surface area (Å²) in [6, 6.07) is 0. The molecule has 1 fully saturated rings. The Morgan fingerprint density at radius 3 is 1.82 bits per heavy atom. The number of methoxy groups -OCH3 is 1. The number of hydrogen-bond donors (Lipinski definition) is 0. The molecule has 1 rings (SSSR count). The van der Waals surface area contributed by atoms with Crippen molar-refractivity contribution < 1.29 is 4.74 Å². The molecule has 0 atom stereocenters. The number of ether oxygens (including phenoxy) is 1. The van der Waals surface area contributed by atoms with E-state index in [2.05, 4.69) is 30.5 Å². The Bertz CT molecular complexity index is 102. The summed E-state index contributed by atoms with van der Waals surface area (Å²) in [6.45, 7) is 7.22. The lowest BCUT2D eigenvalue weighted by Crippen LogP contribution is -2.18. The third-order valence-corrected chi connectivity index (χ3v) is 1.87. The summed E-state index contributed by atoms with van der Waals surface area (Å²) >= 11 is 0. The van der Waals surface area contributed by atoms with Gasteiger partial charge in [-0.15, -0.1) is 0 Å². The standard InChI is InChI=1S/C7H15N.C2H6O/c1-7(2)4-5-8(3)6-7;1-3-2/h4-6H2,1-3H3;1-2H3. The highest BCUT2D eigenvalue weighted by Crippen LogP contribution is 2.26. The molecule has 0 unspecified atom stereocenters. The highest BCUT2D eigenvalue weighted by atomic mass is 16.4. The predicted octanol–water partition coefficient (Wildman–Crippen LogP) is 1.61. The smallest absolute Gasteiger partial charge is 0.0351 e. The van der Waals surface area contributed by atoms with Gasteiger partial charge < -0.3 is 9.64 Å². The molecular weight excluding hydrogens is 138 g/mol. The van der Waals surface area contributed by atoms with E-state index in [1.165, 1.54) is 19.5 Å². The van der Waals surface area contributed by atoms with Gasteiger partial charge in [-0.25, -0.2) is 0 Å². The van der Waals surface area contributed by atoms with Crippen LogP contribution in [0.3, 0.4) is 0 Å². The summed E-state index contributed by atoms with van der Waals surface area (Å²) < 4.78 is 4.25. The molecule has 0 spiro atoms. The van der Waals surface area contributed by atoms with Gasteiger partial charge in [0.2, 0.25) is 0 Å². The van der Waals surface area contributed by atoms with Gasteiger partial charge in [-0.2, -0.15) is 0 Å². The average Bonchev–Trinajstić information content (AvgIpc) is 2.11. The maximum absolute atomic E-state index is 4.25. The molecular formula is C9H21NO. The van der Waals surface area contributed by atoms with E-state index in [1.807, 2.05) is 0 Å². The Labute approximate surface area is 70.5 Å². The summed E-state index contributed by atoms with van der Waals surface area (Å²) in [5.74, 6) is 0. The fourth-order valence-corrected chi connectivity index (χ4v) is 1.38. The zero-order valence-corrected chi connectivity index (χ0v) is 8.48. The highest BCUT2D eigenvalue weighted by Gasteiger charge is 2.26. The van der Waals surface area contributed by atoms with E-state index in [0.29, 0.717) is 5.41 Å². The molecule has 1 heterocycles. The lowest BCUT2D eigenvalue weighted by Gasteiger charge is -2.15. The number of hydrogen-bond acceptors (Lipinski definition) is 2. The van der Waals surface area contributed by atoms with Gasteiger partial charge in [0.25, 0.3) is 0 Å². The highest BCUT2D eigenvalue weighted by molar-refractivity contribution is 4.79. The van der Waals surface area contributed by atoms with Crippen molar-refractivity contribution in [3.8, 4) is 0 Å². The van der Waals surface area contributed by atoms with E-state index >= 15 is 0 Å². The largest absolute Gasteiger partial charge is 0.388 e. The predicted molar refractivity (Wildman–Crippen MR) is 48.8 cm³/mol. The van der Waals surface area contributed by atoms with Crippen LogP contribution < -0.4 is 0 Å². The van der Waals surface area contributed by atoms with Crippen molar-refractivity contribution in [2.75, 3.05) is 34.4 Å². The topological polar surface area (TPSA) is 12.5 Å². The van der Waals surface area contributed by atoms with Crippen LogP contribution in [0.15, 0.2) is 0 Å². The van der Waals surface area contributed by atoms with Gasteiger partial charge in [0.15, 0.2) is 0 Å². The lowest BCUT2D eigenvalue weighted by atomic mass is 9.93. The van der Waals surface area contributed by atoms with Crippen LogP contribution in [0.2, 0.25) is 0 Å². The first-order valence-corrected chi connectivity index (χ1v) is 4.10. The molecule has 0 radical (unpaired) electrons. The van der Waals surface area contributed by atoms with E-state index in [1.54, 1.807) is 14.2 Å². The van der Waals surface area contributed by atoms with Crippen LogP contribution in [-0.4, -0.2) is 39.3 Å². The minimum absolute atomic E-state index is 0.592. The van der Waals surface area contributed by atoms with Gasteiger partial charge in [-0.3, -0.25) is 0 Å². The first kappa shape index (κ1) is 10.9. The van der Waals surface area contributed by atoms with Crippen molar-refractivity contribution >= 4 is 0 Å². The zero-order chi connectivity index (χ0) is 8.91. The molecule has 11 heavy (non-hydrogen) atoms. The third-order valence-electron chi connectivity index (χ3n) is 1.87. The number of nitrogens with zero attached hydrogens (tertiary/aromatic N) is 1. The Morgan fingerprint density at radius 1 is 1.27 bits per heavy atom. The zero-order valence-electron chi connectivity index (χ0n) is 8.48. The fraction of sp³-hybridized carbons (Fsp3) is 1.00. The molecule has 0 aromatic rings. The Balaban J connectivity index is 0.000000292. The second kappa shape index (κ2) is 4.73. The SMILES string of the molecule is CN1CCC(C)(C)C1.COC. The fourth-order valence-electron chi connectivity index (χ4n) is 1.38. The molecule has 2 heteroatoms. The Kier molecular flexibility index (Phi) is 4.69. The maximum atomic E-state index is 4.25. The Hall–Kier alpha value is -0.0800. The second-order valence-corrected chi connectivity index (χ2v) is 4.06. The molecule has 0 aromatic carbocycles. The number of rotatable bonds is 0. The van der Waals surface area contributed by atoms with Crippen molar-refractivity contribution in [2.45, 2.75) is 20.3 Å². The average molecular weight is 159 g/mol. The molecule has 0 bridgehead atoms. The van der Waals surface area contributed by atoms with Gasteiger partial charge in [0.05, 0.1) is 0 Å². The van der Waals surface area contributed by atoms with E-state index < -0.39 is 0 Å². The van der Waals surface area contributed by atoms with E-state index in [0.717, 1.165) is 0 Å². The van der Waals surface area contributed by atoms with Crippen LogP contribution in [0, 0.1) is 5.41 Å². The molecule has 68 valence electrons.